The third-order valence-electron chi connectivity index (χ3n) is 5.96. The normalized spacial score (nSPS) is 21.0. The third-order valence-corrected chi connectivity index (χ3v) is 6.76. The zero-order valence-corrected chi connectivity index (χ0v) is 17.7. The molecule has 0 aliphatic carbocycles. The van der Waals surface area contributed by atoms with Crippen molar-refractivity contribution in [1.29, 1.82) is 0 Å². The third kappa shape index (κ3) is 3.37. The molecule has 2 aromatic heterocycles. The molecule has 1 aromatic carbocycles. The second kappa shape index (κ2) is 7.62. The molecule has 1 N–H and O–H groups in total. The number of fused-ring (bicyclic) bond motifs is 3. The van der Waals surface area contributed by atoms with E-state index in [4.69, 9.17) is 9.15 Å². The lowest BCUT2D eigenvalue weighted by atomic mass is 10.0. The molecular formula is C20H19F3N4O4S. The second-order valence-electron chi connectivity index (χ2n) is 7.88. The van der Waals surface area contributed by atoms with Crippen LogP contribution < -0.4 is 4.90 Å². The Bertz CT molecular complexity index is 1150. The van der Waals surface area contributed by atoms with Crippen molar-refractivity contribution in [2.45, 2.75) is 37.7 Å². The van der Waals surface area contributed by atoms with E-state index in [0.29, 0.717) is 36.5 Å². The zero-order valence-electron chi connectivity index (χ0n) is 16.9. The first-order valence-electron chi connectivity index (χ1n) is 9.96. The average Bonchev–Trinajstić information content (AvgIpc) is 3.44. The van der Waals surface area contributed by atoms with Gasteiger partial charge in [-0.25, -0.2) is 9.78 Å². The Labute approximate surface area is 184 Å². The summed E-state index contributed by atoms with van der Waals surface area (Å²) in [4.78, 5) is 23.2. The Kier molecular flexibility index (Phi) is 5.01. The summed E-state index contributed by atoms with van der Waals surface area (Å²) in [5.74, 6) is 0. The lowest BCUT2D eigenvalue weighted by Gasteiger charge is -2.38. The number of amides is 1. The van der Waals surface area contributed by atoms with Crippen molar-refractivity contribution in [2.24, 2.45) is 0 Å². The van der Waals surface area contributed by atoms with Crippen molar-refractivity contribution in [3.8, 4) is 10.6 Å². The molecule has 5 rings (SSSR count). The van der Waals surface area contributed by atoms with Crippen LogP contribution in [0, 0.1) is 0 Å². The number of halogens is 3. The summed E-state index contributed by atoms with van der Waals surface area (Å²) in [6.45, 7) is 0.385. The second-order valence-corrected chi connectivity index (χ2v) is 8.77. The predicted octanol–water partition coefficient (Wildman–Crippen LogP) is 4.45. The van der Waals surface area contributed by atoms with Crippen LogP contribution in [0.1, 0.15) is 24.0 Å². The highest BCUT2D eigenvalue weighted by molar-refractivity contribution is 7.13. The number of aromatic nitrogens is 2. The molecule has 32 heavy (non-hydrogen) atoms. The highest BCUT2D eigenvalue weighted by atomic mass is 32.1. The summed E-state index contributed by atoms with van der Waals surface area (Å²) in [6.07, 6.45) is -2.68. The summed E-state index contributed by atoms with van der Waals surface area (Å²) in [5, 5.41) is 11.7. The minimum Gasteiger partial charge on any atom is -0.465 e. The minimum absolute atomic E-state index is 0.00939. The van der Waals surface area contributed by atoms with Crippen LogP contribution in [0.25, 0.3) is 21.7 Å². The summed E-state index contributed by atoms with van der Waals surface area (Å²) in [5.41, 5.74) is -0.804. The number of carbonyl (C=O) groups is 1. The first-order chi connectivity index (χ1) is 15.3. The maximum atomic E-state index is 14.1. The van der Waals surface area contributed by atoms with Gasteiger partial charge in [0.05, 0.1) is 29.8 Å². The van der Waals surface area contributed by atoms with Gasteiger partial charge >= 0.3 is 12.3 Å². The van der Waals surface area contributed by atoms with E-state index in [1.807, 2.05) is 0 Å². The summed E-state index contributed by atoms with van der Waals surface area (Å²) in [7, 11) is 1.33. The molecule has 8 nitrogen and oxygen atoms in total. The van der Waals surface area contributed by atoms with Crippen LogP contribution in [0.15, 0.2) is 22.1 Å². The molecule has 2 aliphatic heterocycles. The maximum Gasteiger partial charge on any atom is 0.418 e. The Morgan fingerprint density at radius 1 is 1.34 bits per heavy atom. The van der Waals surface area contributed by atoms with Gasteiger partial charge in [0.25, 0.3) is 6.01 Å². The van der Waals surface area contributed by atoms with Gasteiger partial charge < -0.3 is 19.2 Å². The maximum absolute atomic E-state index is 14.1. The van der Waals surface area contributed by atoms with Crippen molar-refractivity contribution < 1.29 is 32.2 Å². The molecule has 2 aliphatic rings. The molecule has 3 aromatic rings. The molecular weight excluding hydrogens is 449 g/mol. The van der Waals surface area contributed by atoms with E-state index >= 15 is 0 Å². The number of piperazine rings is 1. The largest absolute Gasteiger partial charge is 0.465 e. The van der Waals surface area contributed by atoms with Crippen LogP contribution in [0.4, 0.5) is 24.0 Å². The summed E-state index contributed by atoms with van der Waals surface area (Å²) >= 11 is 1.28. The van der Waals surface area contributed by atoms with Crippen LogP contribution in [0.2, 0.25) is 0 Å². The molecule has 4 heterocycles. The summed E-state index contributed by atoms with van der Waals surface area (Å²) < 4.78 is 53.2. The molecule has 0 saturated carbocycles. The van der Waals surface area contributed by atoms with E-state index in [9.17, 15) is 23.1 Å². The first kappa shape index (κ1) is 21.0. The van der Waals surface area contributed by atoms with E-state index in [2.05, 4.69) is 9.97 Å². The number of ether oxygens (including phenoxy) is 1. The van der Waals surface area contributed by atoms with Gasteiger partial charge in [0.1, 0.15) is 10.5 Å². The molecule has 2 atom stereocenters. The monoisotopic (exact) mass is 468 g/mol. The average molecular weight is 468 g/mol. The fraction of sp³-hybridized carbons (Fsp3) is 0.450. The molecule has 12 heteroatoms. The first-order valence-corrected chi connectivity index (χ1v) is 10.8. The SMILES string of the molecule is COCc1cc(-c2nccs2)c2oc(N3CC4CCC(C3)N4C(=O)O)nc2c1C(F)(F)F. The number of hydrogen-bond donors (Lipinski definition) is 1. The Morgan fingerprint density at radius 2 is 2.06 bits per heavy atom. The Morgan fingerprint density at radius 3 is 2.62 bits per heavy atom. The molecule has 0 spiro atoms. The minimum atomic E-state index is -4.66. The quantitative estimate of drug-likeness (QED) is 0.605. The lowest BCUT2D eigenvalue weighted by Crippen LogP contribution is -2.55. The van der Waals surface area contributed by atoms with Crippen LogP contribution >= 0.6 is 11.3 Å². The number of rotatable bonds is 4. The van der Waals surface area contributed by atoms with Gasteiger partial charge in [-0.2, -0.15) is 18.2 Å². The van der Waals surface area contributed by atoms with E-state index < -0.39 is 17.8 Å². The number of anilines is 1. The van der Waals surface area contributed by atoms with E-state index in [-0.39, 0.29) is 41.4 Å². The number of hydrogen-bond acceptors (Lipinski definition) is 7. The molecule has 2 bridgehead atoms. The molecule has 0 radical (unpaired) electrons. The summed E-state index contributed by atoms with van der Waals surface area (Å²) in [6, 6.07) is 0.964. The smallest absolute Gasteiger partial charge is 0.418 e. The van der Waals surface area contributed by atoms with Crippen LogP contribution in [0.3, 0.4) is 0 Å². The van der Waals surface area contributed by atoms with Crippen molar-refractivity contribution in [2.75, 3.05) is 25.1 Å². The number of alkyl halides is 3. The predicted molar refractivity (Wildman–Crippen MR) is 110 cm³/mol. The Balaban J connectivity index is 1.65. The van der Waals surface area contributed by atoms with Gasteiger partial charge in [0, 0.05) is 31.8 Å². The molecule has 2 saturated heterocycles. The van der Waals surface area contributed by atoms with E-state index in [0.717, 1.165) is 0 Å². The van der Waals surface area contributed by atoms with Crippen LogP contribution in [-0.4, -0.2) is 58.4 Å². The fourth-order valence-electron chi connectivity index (χ4n) is 4.73. The van der Waals surface area contributed by atoms with Crippen LogP contribution in [-0.2, 0) is 17.5 Å². The fourth-order valence-corrected chi connectivity index (χ4v) is 5.38. The van der Waals surface area contributed by atoms with Gasteiger partial charge in [-0.15, -0.1) is 11.3 Å². The number of benzene rings is 1. The number of oxazole rings is 1. The number of nitrogens with zero attached hydrogens (tertiary/aromatic N) is 4. The van der Waals surface area contributed by atoms with E-state index in [1.165, 1.54) is 29.4 Å². The molecule has 170 valence electrons. The Hall–Kier alpha value is -2.86. The van der Waals surface area contributed by atoms with Crippen molar-refractivity contribution >= 4 is 34.5 Å². The van der Waals surface area contributed by atoms with Gasteiger partial charge in [-0.3, -0.25) is 4.90 Å². The van der Waals surface area contributed by atoms with E-state index in [1.54, 1.807) is 16.5 Å². The van der Waals surface area contributed by atoms with Crippen molar-refractivity contribution in [3.63, 3.8) is 0 Å². The topological polar surface area (TPSA) is 91.9 Å². The van der Waals surface area contributed by atoms with Gasteiger partial charge in [-0.1, -0.05) is 0 Å². The lowest BCUT2D eigenvalue weighted by molar-refractivity contribution is -0.137. The standard InChI is InChI=1S/C20H19F3N4O4S/c1-30-9-10-6-13(17-24-4-5-32-17)16-15(14(10)20(21,22)23)25-18(31-16)26-7-11-2-3-12(8-26)27(11)19(28)29/h4-6,11-12H,2-3,7-9H2,1H3,(H,28,29). The highest BCUT2D eigenvalue weighted by Gasteiger charge is 2.44. The van der Waals surface area contributed by atoms with Crippen molar-refractivity contribution in [3.05, 3.63) is 28.8 Å². The molecule has 2 unspecified atom stereocenters. The zero-order chi connectivity index (χ0) is 22.6. The molecule has 1 amide bonds. The number of methoxy groups -OCH3 is 1. The van der Waals surface area contributed by atoms with Gasteiger partial charge in [0.2, 0.25) is 0 Å². The van der Waals surface area contributed by atoms with Crippen LogP contribution in [0.5, 0.6) is 0 Å². The van der Waals surface area contributed by atoms with Gasteiger partial charge in [0.15, 0.2) is 5.58 Å². The number of carboxylic acid groups (broad SMARTS) is 1. The highest BCUT2D eigenvalue weighted by Crippen LogP contribution is 2.44. The van der Waals surface area contributed by atoms with Crippen molar-refractivity contribution in [1.82, 2.24) is 14.9 Å². The molecule has 2 fully saturated rings. The van der Waals surface area contributed by atoms with Gasteiger partial charge in [-0.05, 0) is 24.5 Å². The number of thiazole rings is 1.